The Morgan fingerprint density at radius 3 is 3.06 bits per heavy atom. The van der Waals surface area contributed by atoms with Crippen LogP contribution in [0, 0.1) is 5.92 Å². The molecule has 1 aliphatic rings. The number of aromatic nitrogens is 1. The highest BCUT2D eigenvalue weighted by molar-refractivity contribution is 5.86. The first-order valence-electron chi connectivity index (χ1n) is 5.69. The van der Waals surface area contributed by atoms with Crippen molar-refractivity contribution in [1.29, 1.82) is 0 Å². The zero-order chi connectivity index (χ0) is 12.3. The van der Waals surface area contributed by atoms with Crippen LogP contribution in [0.4, 0.5) is 0 Å². The van der Waals surface area contributed by atoms with E-state index in [9.17, 15) is 9.59 Å². The Labute approximate surface area is 98.6 Å². The summed E-state index contributed by atoms with van der Waals surface area (Å²) in [5.74, 6) is -0.880. The average molecular weight is 237 g/mol. The van der Waals surface area contributed by atoms with E-state index in [1.165, 1.54) is 10.6 Å². The summed E-state index contributed by atoms with van der Waals surface area (Å²) in [7, 11) is 0. The molecule has 0 radical (unpaired) electrons. The number of carbonyl (C=O) groups is 1. The van der Waals surface area contributed by atoms with E-state index in [0.717, 1.165) is 19.4 Å². The van der Waals surface area contributed by atoms with Crippen LogP contribution in [0.25, 0.3) is 0 Å². The second kappa shape index (κ2) is 5.14. The van der Waals surface area contributed by atoms with Crippen molar-refractivity contribution >= 4 is 5.97 Å². The number of hydrogen-bond acceptors (Lipinski definition) is 3. The van der Waals surface area contributed by atoms with Gasteiger partial charge in [0.1, 0.15) is 5.56 Å². The topological polar surface area (TPSA) is 68.5 Å². The quantitative estimate of drug-likeness (QED) is 0.850. The SMILES string of the molecule is O=C(O)c1cccn(CC2CCCOC2)c1=O. The fraction of sp³-hybridized carbons (Fsp3) is 0.500. The van der Waals surface area contributed by atoms with Crippen molar-refractivity contribution in [2.45, 2.75) is 19.4 Å². The summed E-state index contributed by atoms with van der Waals surface area (Å²) >= 11 is 0. The summed E-state index contributed by atoms with van der Waals surface area (Å²) in [6.45, 7) is 1.95. The van der Waals surface area contributed by atoms with Gasteiger partial charge < -0.3 is 14.4 Å². The highest BCUT2D eigenvalue weighted by atomic mass is 16.5. The van der Waals surface area contributed by atoms with Crippen LogP contribution in [0.1, 0.15) is 23.2 Å². The maximum Gasteiger partial charge on any atom is 0.341 e. The second-order valence-corrected chi connectivity index (χ2v) is 4.27. The number of pyridine rings is 1. The normalized spacial score (nSPS) is 20.1. The minimum atomic E-state index is -1.18. The standard InChI is InChI=1S/C12H15NO4/c14-11-10(12(15)16)4-1-5-13(11)7-9-3-2-6-17-8-9/h1,4-5,9H,2-3,6-8H2,(H,15,16). The maximum absolute atomic E-state index is 11.8. The van der Waals surface area contributed by atoms with Gasteiger partial charge in [-0.1, -0.05) is 0 Å². The number of rotatable bonds is 3. The first-order chi connectivity index (χ1) is 8.18. The molecule has 92 valence electrons. The smallest absolute Gasteiger partial charge is 0.341 e. The molecule has 0 amide bonds. The van der Waals surface area contributed by atoms with Gasteiger partial charge in [0.25, 0.3) is 5.56 Å². The Kier molecular flexibility index (Phi) is 3.58. The highest BCUT2D eigenvalue weighted by Crippen LogP contribution is 2.14. The number of aromatic carboxylic acids is 1. The van der Waals surface area contributed by atoms with Crippen LogP contribution in [-0.2, 0) is 11.3 Å². The third kappa shape index (κ3) is 2.74. The fourth-order valence-electron chi connectivity index (χ4n) is 2.07. The molecule has 0 saturated carbocycles. The molecule has 1 fully saturated rings. The van der Waals surface area contributed by atoms with Gasteiger partial charge in [-0.15, -0.1) is 0 Å². The van der Waals surface area contributed by atoms with E-state index >= 15 is 0 Å². The molecule has 1 unspecified atom stereocenters. The van der Waals surface area contributed by atoms with E-state index in [1.54, 1.807) is 12.3 Å². The third-order valence-electron chi connectivity index (χ3n) is 2.96. The number of carboxylic acid groups (broad SMARTS) is 1. The molecule has 0 spiro atoms. The van der Waals surface area contributed by atoms with Gasteiger partial charge >= 0.3 is 5.97 Å². The van der Waals surface area contributed by atoms with Gasteiger partial charge in [-0.05, 0) is 25.0 Å². The first kappa shape index (κ1) is 11.9. The van der Waals surface area contributed by atoms with Gasteiger partial charge in [-0.2, -0.15) is 0 Å². The molecule has 0 aromatic carbocycles. The van der Waals surface area contributed by atoms with E-state index in [-0.39, 0.29) is 5.56 Å². The Morgan fingerprint density at radius 1 is 1.59 bits per heavy atom. The number of carboxylic acids is 1. The lowest BCUT2D eigenvalue weighted by molar-refractivity contribution is 0.0479. The molecule has 0 bridgehead atoms. The summed E-state index contributed by atoms with van der Waals surface area (Å²) in [6.07, 6.45) is 3.64. The molecule has 1 N–H and O–H groups in total. The Morgan fingerprint density at radius 2 is 2.41 bits per heavy atom. The summed E-state index contributed by atoms with van der Waals surface area (Å²) < 4.78 is 6.80. The molecule has 17 heavy (non-hydrogen) atoms. The number of nitrogens with zero attached hydrogens (tertiary/aromatic N) is 1. The van der Waals surface area contributed by atoms with Gasteiger partial charge in [-0.3, -0.25) is 4.79 Å². The van der Waals surface area contributed by atoms with Crippen molar-refractivity contribution in [3.05, 3.63) is 34.2 Å². The third-order valence-corrected chi connectivity index (χ3v) is 2.96. The van der Waals surface area contributed by atoms with Gasteiger partial charge in [0.2, 0.25) is 0 Å². The molecule has 2 rings (SSSR count). The Balaban J connectivity index is 2.18. The van der Waals surface area contributed by atoms with Gasteiger partial charge in [0, 0.05) is 25.3 Å². The van der Waals surface area contributed by atoms with Crippen molar-refractivity contribution in [3.8, 4) is 0 Å². The zero-order valence-electron chi connectivity index (χ0n) is 9.46. The minimum Gasteiger partial charge on any atom is -0.477 e. The van der Waals surface area contributed by atoms with Crippen molar-refractivity contribution in [2.75, 3.05) is 13.2 Å². The van der Waals surface area contributed by atoms with Crippen LogP contribution in [0.2, 0.25) is 0 Å². The van der Waals surface area contributed by atoms with Gasteiger partial charge in [0.05, 0.1) is 6.61 Å². The largest absolute Gasteiger partial charge is 0.477 e. The van der Waals surface area contributed by atoms with Gasteiger partial charge in [-0.25, -0.2) is 4.79 Å². The molecule has 1 aromatic heterocycles. The van der Waals surface area contributed by atoms with Crippen LogP contribution in [-0.4, -0.2) is 28.9 Å². The Hall–Kier alpha value is -1.62. The molecule has 1 saturated heterocycles. The molecule has 1 atom stereocenters. The zero-order valence-corrected chi connectivity index (χ0v) is 9.46. The van der Waals surface area contributed by atoms with Crippen molar-refractivity contribution in [3.63, 3.8) is 0 Å². The summed E-state index contributed by atoms with van der Waals surface area (Å²) in [4.78, 5) is 22.7. The molecular formula is C12H15NO4. The van der Waals surface area contributed by atoms with Crippen molar-refractivity contribution in [2.24, 2.45) is 5.92 Å². The van der Waals surface area contributed by atoms with Crippen molar-refractivity contribution in [1.82, 2.24) is 4.57 Å². The van der Waals surface area contributed by atoms with Gasteiger partial charge in [0.15, 0.2) is 0 Å². The highest BCUT2D eigenvalue weighted by Gasteiger charge is 2.16. The Bertz CT molecular complexity index is 460. The predicted octanol–water partition coefficient (Wildman–Crippen LogP) is 0.973. The molecular weight excluding hydrogens is 222 g/mol. The van der Waals surface area contributed by atoms with E-state index in [1.807, 2.05) is 0 Å². The van der Waals surface area contributed by atoms with Crippen LogP contribution >= 0.6 is 0 Å². The van der Waals surface area contributed by atoms with Crippen LogP contribution in [0.3, 0.4) is 0 Å². The second-order valence-electron chi connectivity index (χ2n) is 4.27. The van der Waals surface area contributed by atoms with Crippen molar-refractivity contribution < 1.29 is 14.6 Å². The molecule has 1 aliphatic heterocycles. The lowest BCUT2D eigenvalue weighted by Crippen LogP contribution is -2.30. The average Bonchev–Trinajstić information content (AvgIpc) is 2.33. The van der Waals surface area contributed by atoms with E-state index in [2.05, 4.69) is 0 Å². The maximum atomic E-state index is 11.8. The first-order valence-corrected chi connectivity index (χ1v) is 5.69. The van der Waals surface area contributed by atoms with Crippen LogP contribution in [0.5, 0.6) is 0 Å². The molecule has 5 heteroatoms. The lowest BCUT2D eigenvalue weighted by atomic mass is 10.0. The summed E-state index contributed by atoms with van der Waals surface area (Å²) in [5.41, 5.74) is -0.616. The van der Waals surface area contributed by atoms with E-state index < -0.39 is 11.5 Å². The monoisotopic (exact) mass is 237 g/mol. The lowest BCUT2D eigenvalue weighted by Gasteiger charge is -2.22. The number of hydrogen-bond donors (Lipinski definition) is 1. The predicted molar refractivity (Wildman–Crippen MR) is 61.2 cm³/mol. The molecule has 2 heterocycles. The minimum absolute atomic E-state index is 0.177. The molecule has 5 nitrogen and oxygen atoms in total. The van der Waals surface area contributed by atoms with Crippen LogP contribution in [0.15, 0.2) is 23.1 Å². The van der Waals surface area contributed by atoms with E-state index in [0.29, 0.717) is 19.1 Å². The molecule has 0 aliphatic carbocycles. The van der Waals surface area contributed by atoms with Crippen LogP contribution < -0.4 is 5.56 Å². The number of ether oxygens (including phenoxy) is 1. The fourth-order valence-corrected chi connectivity index (χ4v) is 2.07. The summed E-state index contributed by atoms with van der Waals surface area (Å²) in [6, 6.07) is 2.92. The van der Waals surface area contributed by atoms with E-state index in [4.69, 9.17) is 9.84 Å². The molecule has 1 aromatic rings. The summed E-state index contributed by atoms with van der Waals surface area (Å²) in [5, 5.41) is 8.86.